The summed E-state index contributed by atoms with van der Waals surface area (Å²) in [6, 6.07) is 0. The maximum Gasteiger partial charge on any atom is 0.133 e. The highest BCUT2D eigenvalue weighted by atomic mass is 16.1. The van der Waals surface area contributed by atoms with Crippen molar-refractivity contribution in [2.75, 3.05) is 0 Å². The third-order valence-corrected chi connectivity index (χ3v) is 2.93. The van der Waals surface area contributed by atoms with E-state index in [1.165, 1.54) is 12.0 Å². The molecule has 0 N–H and O–H groups in total. The Hall–Kier alpha value is -0.590. The lowest BCUT2D eigenvalue weighted by molar-refractivity contribution is -0.121. The lowest BCUT2D eigenvalue weighted by Crippen LogP contribution is -2.13. The van der Waals surface area contributed by atoms with E-state index in [2.05, 4.69) is 26.8 Å². The minimum absolute atomic E-state index is 0.448. The molecule has 1 nitrogen and oxygen atoms in total. The van der Waals surface area contributed by atoms with Crippen LogP contribution in [0.25, 0.3) is 0 Å². The van der Waals surface area contributed by atoms with E-state index >= 15 is 0 Å². The molecule has 13 heavy (non-hydrogen) atoms. The van der Waals surface area contributed by atoms with E-state index in [0.29, 0.717) is 17.6 Å². The summed E-state index contributed by atoms with van der Waals surface area (Å²) in [6.45, 7) is 6.58. The Bertz CT molecular complexity index is 213. The minimum Gasteiger partial charge on any atom is -0.300 e. The maximum atomic E-state index is 11.2. The van der Waals surface area contributed by atoms with Gasteiger partial charge in [0, 0.05) is 12.8 Å². The van der Waals surface area contributed by atoms with Crippen molar-refractivity contribution >= 4 is 5.78 Å². The number of allylic oxidation sites excluding steroid dienone is 2. The topological polar surface area (TPSA) is 17.1 Å². The van der Waals surface area contributed by atoms with Gasteiger partial charge in [-0.15, -0.1) is 0 Å². The van der Waals surface area contributed by atoms with Gasteiger partial charge in [0.05, 0.1) is 0 Å². The predicted octanol–water partition coefficient (Wildman–Crippen LogP) is 3.35. The largest absolute Gasteiger partial charge is 0.300 e. The highest BCUT2D eigenvalue weighted by molar-refractivity contribution is 5.79. The second-order valence-electron chi connectivity index (χ2n) is 4.46. The quantitative estimate of drug-likeness (QED) is 0.596. The Morgan fingerprint density at radius 2 is 2.23 bits per heavy atom. The van der Waals surface area contributed by atoms with Crippen molar-refractivity contribution in [1.29, 1.82) is 0 Å². The summed E-state index contributed by atoms with van der Waals surface area (Å²) < 4.78 is 0. The number of Topliss-reactive ketones (excluding diaryl/α,β-unsaturated/α-hetero) is 1. The molecule has 0 bridgehead atoms. The Kier molecular flexibility index (Phi) is 3.71. The molecule has 1 aliphatic carbocycles. The van der Waals surface area contributed by atoms with Gasteiger partial charge in [-0.1, -0.05) is 25.5 Å². The normalized spacial score (nSPS) is 25.4. The van der Waals surface area contributed by atoms with Crippen molar-refractivity contribution in [1.82, 2.24) is 0 Å². The zero-order valence-corrected chi connectivity index (χ0v) is 8.97. The maximum absolute atomic E-state index is 11.2. The molecule has 0 aromatic heterocycles. The molecule has 1 fully saturated rings. The third-order valence-electron chi connectivity index (χ3n) is 2.93. The smallest absolute Gasteiger partial charge is 0.133 e. The molecular formula is C12H20O. The average Bonchev–Trinajstić information content (AvgIpc) is 2.04. The predicted molar refractivity (Wildman–Crippen MR) is 55.6 cm³/mol. The summed E-state index contributed by atoms with van der Waals surface area (Å²) in [5.41, 5.74) is 1.43. The molecule has 1 heteroatoms. The van der Waals surface area contributed by atoms with Crippen molar-refractivity contribution in [2.45, 2.75) is 46.5 Å². The standard InChI is InChI=1S/C12H20O/c1-9(2)10(3)7-11-5-4-6-12(13)8-11/h7,9,11H,4-6,8H2,1-3H3. The van der Waals surface area contributed by atoms with E-state index in [-0.39, 0.29) is 0 Å². The van der Waals surface area contributed by atoms with E-state index < -0.39 is 0 Å². The molecule has 0 heterocycles. The second-order valence-corrected chi connectivity index (χ2v) is 4.46. The van der Waals surface area contributed by atoms with Crippen LogP contribution >= 0.6 is 0 Å². The summed E-state index contributed by atoms with van der Waals surface area (Å²) in [5, 5.41) is 0. The molecule has 0 aromatic carbocycles. The first-order chi connectivity index (χ1) is 6.09. The van der Waals surface area contributed by atoms with E-state index in [1.54, 1.807) is 0 Å². The SMILES string of the molecule is CC(=CC1CCCC(=O)C1)C(C)C. The summed E-state index contributed by atoms with van der Waals surface area (Å²) in [4.78, 5) is 11.2. The average molecular weight is 180 g/mol. The molecule has 1 atom stereocenters. The molecule has 1 saturated carbocycles. The van der Waals surface area contributed by atoms with Crippen LogP contribution in [0.1, 0.15) is 46.5 Å². The second kappa shape index (κ2) is 4.59. The van der Waals surface area contributed by atoms with Crippen LogP contribution in [0, 0.1) is 11.8 Å². The molecule has 1 unspecified atom stereocenters. The number of carbonyl (C=O) groups excluding carboxylic acids is 1. The fraction of sp³-hybridized carbons (Fsp3) is 0.750. The minimum atomic E-state index is 0.448. The van der Waals surface area contributed by atoms with Crippen LogP contribution in [-0.4, -0.2) is 5.78 Å². The van der Waals surface area contributed by atoms with Gasteiger partial charge in [0.15, 0.2) is 0 Å². The summed E-state index contributed by atoms with van der Waals surface area (Å²) >= 11 is 0. The molecular weight excluding hydrogens is 160 g/mol. The van der Waals surface area contributed by atoms with Crippen molar-refractivity contribution < 1.29 is 4.79 Å². The Labute approximate surface area is 81.2 Å². The number of hydrogen-bond donors (Lipinski definition) is 0. The number of hydrogen-bond acceptors (Lipinski definition) is 1. The molecule has 74 valence electrons. The van der Waals surface area contributed by atoms with Crippen LogP contribution in [0.2, 0.25) is 0 Å². The zero-order valence-electron chi connectivity index (χ0n) is 8.97. The number of carbonyl (C=O) groups is 1. The number of ketones is 1. The van der Waals surface area contributed by atoms with E-state index in [9.17, 15) is 4.79 Å². The molecule has 0 saturated heterocycles. The fourth-order valence-corrected chi connectivity index (χ4v) is 1.76. The Morgan fingerprint density at radius 3 is 2.77 bits per heavy atom. The van der Waals surface area contributed by atoms with Crippen molar-refractivity contribution in [3.05, 3.63) is 11.6 Å². The lowest BCUT2D eigenvalue weighted by atomic mass is 9.86. The van der Waals surface area contributed by atoms with Gasteiger partial charge >= 0.3 is 0 Å². The zero-order chi connectivity index (χ0) is 9.84. The summed E-state index contributed by atoms with van der Waals surface area (Å²) in [5.74, 6) is 1.60. The van der Waals surface area contributed by atoms with Gasteiger partial charge in [-0.05, 0) is 31.6 Å². The summed E-state index contributed by atoms with van der Waals surface area (Å²) in [7, 11) is 0. The van der Waals surface area contributed by atoms with Crippen molar-refractivity contribution in [2.24, 2.45) is 11.8 Å². The third kappa shape index (κ3) is 3.33. The molecule has 0 radical (unpaired) electrons. The van der Waals surface area contributed by atoms with Gasteiger partial charge < -0.3 is 0 Å². The van der Waals surface area contributed by atoms with Crippen LogP contribution in [-0.2, 0) is 4.79 Å². The highest BCUT2D eigenvalue weighted by Crippen LogP contribution is 2.24. The van der Waals surface area contributed by atoms with Gasteiger partial charge in [-0.25, -0.2) is 0 Å². The van der Waals surface area contributed by atoms with E-state index in [4.69, 9.17) is 0 Å². The number of rotatable bonds is 2. The van der Waals surface area contributed by atoms with Crippen LogP contribution in [0.3, 0.4) is 0 Å². The van der Waals surface area contributed by atoms with Gasteiger partial charge in [0.25, 0.3) is 0 Å². The van der Waals surface area contributed by atoms with Gasteiger partial charge in [-0.3, -0.25) is 4.79 Å². The van der Waals surface area contributed by atoms with Crippen LogP contribution in [0.4, 0.5) is 0 Å². The first kappa shape index (κ1) is 10.5. The van der Waals surface area contributed by atoms with E-state index in [0.717, 1.165) is 19.3 Å². The van der Waals surface area contributed by atoms with Gasteiger partial charge in [-0.2, -0.15) is 0 Å². The first-order valence-corrected chi connectivity index (χ1v) is 5.29. The fourth-order valence-electron chi connectivity index (χ4n) is 1.76. The monoisotopic (exact) mass is 180 g/mol. The van der Waals surface area contributed by atoms with Gasteiger partial charge in [0.2, 0.25) is 0 Å². The molecule has 0 amide bonds. The van der Waals surface area contributed by atoms with Crippen LogP contribution in [0.15, 0.2) is 11.6 Å². The molecule has 0 aromatic rings. The van der Waals surface area contributed by atoms with Crippen molar-refractivity contribution in [3.8, 4) is 0 Å². The Balaban J connectivity index is 2.52. The summed E-state index contributed by atoms with van der Waals surface area (Å²) in [6.07, 6.45) is 6.19. The Morgan fingerprint density at radius 1 is 1.54 bits per heavy atom. The highest BCUT2D eigenvalue weighted by Gasteiger charge is 2.17. The molecule has 0 spiro atoms. The van der Waals surface area contributed by atoms with E-state index in [1.807, 2.05) is 0 Å². The molecule has 1 aliphatic rings. The van der Waals surface area contributed by atoms with Crippen molar-refractivity contribution in [3.63, 3.8) is 0 Å². The van der Waals surface area contributed by atoms with Crippen LogP contribution in [0.5, 0.6) is 0 Å². The van der Waals surface area contributed by atoms with Gasteiger partial charge in [0.1, 0.15) is 5.78 Å². The first-order valence-electron chi connectivity index (χ1n) is 5.29. The molecule has 0 aliphatic heterocycles. The lowest BCUT2D eigenvalue weighted by Gasteiger charge is -2.19. The molecule has 1 rings (SSSR count). The van der Waals surface area contributed by atoms with Crippen LogP contribution < -0.4 is 0 Å².